The quantitative estimate of drug-likeness (QED) is 0.856. The van der Waals surface area contributed by atoms with Crippen molar-refractivity contribution in [2.75, 3.05) is 13.7 Å². The second-order valence-corrected chi connectivity index (χ2v) is 4.41. The van der Waals surface area contributed by atoms with E-state index in [1.54, 1.807) is 0 Å². The number of likely N-dealkylation sites (tertiary alicyclic amines) is 1. The Balaban J connectivity index is 2.19. The van der Waals surface area contributed by atoms with E-state index in [1.165, 1.54) is 18.3 Å². The Morgan fingerprint density at radius 1 is 1.53 bits per heavy atom. The smallest absolute Gasteiger partial charge is 0.410 e. The van der Waals surface area contributed by atoms with Crippen LogP contribution in [0.4, 0.5) is 4.79 Å². The predicted molar refractivity (Wildman–Crippen MR) is 66.6 cm³/mol. The van der Waals surface area contributed by atoms with Crippen molar-refractivity contribution >= 4 is 17.7 Å². The van der Waals surface area contributed by atoms with E-state index in [2.05, 4.69) is 9.97 Å². The fraction of sp³-hybridized carbons (Fsp3) is 0.545. The Morgan fingerprint density at radius 3 is 3.00 bits per heavy atom. The van der Waals surface area contributed by atoms with Gasteiger partial charge >= 0.3 is 6.09 Å². The minimum Gasteiger partial charge on any atom is -0.489 e. The molecule has 1 N–H and O–H groups in total. The van der Waals surface area contributed by atoms with Crippen molar-refractivity contribution in [2.45, 2.75) is 25.5 Å². The van der Waals surface area contributed by atoms with Crippen LogP contribution in [0.3, 0.4) is 0 Å². The van der Waals surface area contributed by atoms with Gasteiger partial charge in [-0.25, -0.2) is 9.78 Å². The number of amides is 1. The highest BCUT2D eigenvalue weighted by atomic mass is 35.5. The maximum absolute atomic E-state index is 11.1. The van der Waals surface area contributed by atoms with Crippen LogP contribution in [0.25, 0.3) is 0 Å². The molecule has 1 aromatic rings. The number of methoxy groups -OCH3 is 1. The summed E-state index contributed by atoms with van der Waals surface area (Å²) in [4.78, 5) is 20.1. The van der Waals surface area contributed by atoms with Crippen LogP contribution in [0.1, 0.15) is 19.3 Å². The molecule has 19 heavy (non-hydrogen) atoms. The van der Waals surface area contributed by atoms with Gasteiger partial charge in [0.2, 0.25) is 5.75 Å². The lowest BCUT2D eigenvalue weighted by Crippen LogP contribution is -2.46. The molecular formula is C11H14ClN3O4. The van der Waals surface area contributed by atoms with Crippen molar-refractivity contribution < 1.29 is 19.4 Å². The van der Waals surface area contributed by atoms with Gasteiger partial charge in [-0.2, -0.15) is 4.98 Å². The van der Waals surface area contributed by atoms with Crippen molar-refractivity contribution in [1.82, 2.24) is 14.9 Å². The molecule has 1 unspecified atom stereocenters. The summed E-state index contributed by atoms with van der Waals surface area (Å²) in [5, 5.41) is 9.25. The van der Waals surface area contributed by atoms with Crippen molar-refractivity contribution in [3.05, 3.63) is 11.5 Å². The van der Waals surface area contributed by atoms with Gasteiger partial charge in [-0.3, -0.25) is 4.90 Å². The maximum Gasteiger partial charge on any atom is 0.410 e. The summed E-state index contributed by atoms with van der Waals surface area (Å²) in [7, 11) is 1.42. The summed E-state index contributed by atoms with van der Waals surface area (Å²) >= 11 is 5.86. The number of hydrogen-bond donors (Lipinski definition) is 1. The zero-order chi connectivity index (χ0) is 13.8. The molecule has 1 fully saturated rings. The number of aromatic nitrogens is 2. The number of carbonyl (C=O) groups is 1. The van der Waals surface area contributed by atoms with Crippen LogP contribution in [0.2, 0.25) is 5.15 Å². The molecule has 1 aromatic heterocycles. The molecule has 104 valence electrons. The van der Waals surface area contributed by atoms with Crippen LogP contribution in [-0.4, -0.2) is 46.0 Å². The van der Waals surface area contributed by atoms with E-state index in [9.17, 15) is 4.79 Å². The van der Waals surface area contributed by atoms with Crippen LogP contribution < -0.4 is 9.47 Å². The van der Waals surface area contributed by atoms with Crippen molar-refractivity contribution in [1.29, 1.82) is 0 Å². The topological polar surface area (TPSA) is 84.8 Å². The standard InChI is InChI=1S/C11H14ClN3O4/c1-18-8-9(12)13-6-14-10(8)19-7-4-2-3-5-15(7)11(16)17/h6-7H,2-5H2,1H3,(H,16,17). The van der Waals surface area contributed by atoms with E-state index in [0.717, 1.165) is 12.8 Å². The normalized spacial score (nSPS) is 19.1. The summed E-state index contributed by atoms with van der Waals surface area (Å²) in [6.45, 7) is 0.446. The number of ether oxygens (including phenoxy) is 2. The first kappa shape index (κ1) is 13.7. The summed E-state index contributed by atoms with van der Waals surface area (Å²) < 4.78 is 10.7. The van der Waals surface area contributed by atoms with Gasteiger partial charge in [0.1, 0.15) is 6.33 Å². The van der Waals surface area contributed by atoms with Crippen LogP contribution in [0.5, 0.6) is 11.6 Å². The molecule has 8 heteroatoms. The van der Waals surface area contributed by atoms with Crippen molar-refractivity contribution in [3.8, 4) is 11.6 Å². The molecule has 1 amide bonds. The van der Waals surface area contributed by atoms with Gasteiger partial charge in [-0.05, 0) is 12.8 Å². The number of piperidine rings is 1. The molecular weight excluding hydrogens is 274 g/mol. The highest BCUT2D eigenvalue weighted by molar-refractivity contribution is 6.31. The van der Waals surface area contributed by atoms with E-state index in [-0.39, 0.29) is 16.8 Å². The molecule has 0 saturated carbocycles. The molecule has 0 bridgehead atoms. The number of nitrogens with zero attached hydrogens (tertiary/aromatic N) is 3. The predicted octanol–water partition coefficient (Wildman–Crippen LogP) is 2.01. The number of hydrogen-bond acceptors (Lipinski definition) is 5. The lowest BCUT2D eigenvalue weighted by atomic mass is 10.1. The Morgan fingerprint density at radius 2 is 2.32 bits per heavy atom. The fourth-order valence-corrected chi connectivity index (χ4v) is 2.17. The Bertz CT molecular complexity index is 471. The average molecular weight is 288 g/mol. The molecule has 1 atom stereocenters. The largest absolute Gasteiger partial charge is 0.489 e. The average Bonchev–Trinajstić information content (AvgIpc) is 2.39. The Labute approximate surface area is 115 Å². The number of carboxylic acid groups (broad SMARTS) is 1. The molecule has 0 aliphatic carbocycles. The minimum absolute atomic E-state index is 0.130. The van der Waals surface area contributed by atoms with Gasteiger partial charge in [0.15, 0.2) is 11.4 Å². The van der Waals surface area contributed by atoms with Gasteiger partial charge in [0, 0.05) is 13.0 Å². The van der Waals surface area contributed by atoms with Crippen LogP contribution in [0.15, 0.2) is 6.33 Å². The summed E-state index contributed by atoms with van der Waals surface area (Å²) in [5.74, 6) is 0.362. The summed E-state index contributed by atoms with van der Waals surface area (Å²) in [6.07, 6.45) is 1.99. The molecule has 1 saturated heterocycles. The van der Waals surface area contributed by atoms with E-state index in [0.29, 0.717) is 13.0 Å². The van der Waals surface area contributed by atoms with Crippen LogP contribution in [0, 0.1) is 0 Å². The molecule has 1 aliphatic rings. The zero-order valence-corrected chi connectivity index (χ0v) is 11.1. The third-order valence-electron chi connectivity index (χ3n) is 2.87. The highest BCUT2D eigenvalue weighted by Crippen LogP contribution is 2.32. The highest BCUT2D eigenvalue weighted by Gasteiger charge is 2.29. The van der Waals surface area contributed by atoms with Crippen LogP contribution >= 0.6 is 11.6 Å². The Kier molecular flexibility index (Phi) is 4.26. The fourth-order valence-electron chi connectivity index (χ4n) is 1.96. The SMILES string of the molecule is COc1c(Cl)ncnc1OC1CCCCN1C(=O)O. The third-order valence-corrected chi connectivity index (χ3v) is 3.14. The molecule has 0 spiro atoms. The zero-order valence-electron chi connectivity index (χ0n) is 10.4. The first-order chi connectivity index (χ1) is 9.13. The third kappa shape index (κ3) is 2.98. The lowest BCUT2D eigenvalue weighted by Gasteiger charge is -2.33. The number of halogens is 1. The van der Waals surface area contributed by atoms with Crippen LogP contribution in [-0.2, 0) is 0 Å². The summed E-state index contributed by atoms with van der Waals surface area (Å²) in [5.41, 5.74) is 0. The van der Waals surface area contributed by atoms with Gasteiger partial charge in [-0.15, -0.1) is 0 Å². The monoisotopic (exact) mass is 287 g/mol. The van der Waals surface area contributed by atoms with E-state index >= 15 is 0 Å². The molecule has 0 aromatic carbocycles. The molecule has 2 rings (SSSR count). The first-order valence-corrected chi connectivity index (χ1v) is 6.22. The Hall–Kier alpha value is -1.76. The molecule has 7 nitrogen and oxygen atoms in total. The van der Waals surface area contributed by atoms with Gasteiger partial charge < -0.3 is 14.6 Å². The van der Waals surface area contributed by atoms with Crippen molar-refractivity contribution in [2.24, 2.45) is 0 Å². The van der Waals surface area contributed by atoms with E-state index < -0.39 is 12.3 Å². The molecule has 1 aliphatic heterocycles. The molecule has 2 heterocycles. The van der Waals surface area contributed by atoms with Gasteiger partial charge in [0.05, 0.1) is 7.11 Å². The molecule has 0 radical (unpaired) electrons. The van der Waals surface area contributed by atoms with E-state index in [4.69, 9.17) is 26.2 Å². The summed E-state index contributed by atoms with van der Waals surface area (Å²) in [6, 6.07) is 0. The second kappa shape index (κ2) is 5.92. The second-order valence-electron chi connectivity index (χ2n) is 4.05. The first-order valence-electron chi connectivity index (χ1n) is 5.84. The maximum atomic E-state index is 11.1. The van der Waals surface area contributed by atoms with Crippen molar-refractivity contribution in [3.63, 3.8) is 0 Å². The lowest BCUT2D eigenvalue weighted by molar-refractivity contribution is 0.00178. The number of rotatable bonds is 3. The minimum atomic E-state index is -1.01. The van der Waals surface area contributed by atoms with Gasteiger partial charge in [-0.1, -0.05) is 11.6 Å². The van der Waals surface area contributed by atoms with Gasteiger partial charge in [0.25, 0.3) is 5.88 Å². The van der Waals surface area contributed by atoms with E-state index in [1.807, 2.05) is 0 Å².